The number of anilines is 1. The maximum Gasteiger partial charge on any atom is 0.243 e. The number of nitrogens with one attached hydrogen (secondary N) is 1. The summed E-state index contributed by atoms with van der Waals surface area (Å²) in [7, 11) is -2.35. The van der Waals surface area contributed by atoms with Gasteiger partial charge in [0.1, 0.15) is 0 Å². The van der Waals surface area contributed by atoms with Gasteiger partial charge in [-0.1, -0.05) is 29.8 Å². The summed E-state index contributed by atoms with van der Waals surface area (Å²) in [6.45, 7) is -0.306. The second-order valence-electron chi connectivity index (χ2n) is 4.75. The molecule has 0 fully saturated rings. The lowest BCUT2D eigenvalue weighted by Gasteiger charge is -2.17. The zero-order valence-corrected chi connectivity index (χ0v) is 15.9. The minimum absolute atomic E-state index is 0.141. The van der Waals surface area contributed by atoms with Crippen molar-refractivity contribution in [3.63, 3.8) is 0 Å². The third kappa shape index (κ3) is 4.66. The standard InChI is InChI=1S/C15H14ClIN2O3S/c1-19(23(21,22)12-5-3-2-4-6-12)10-15(20)18-14-8-7-11(17)9-13(14)16/h2-9H,10H2,1H3,(H,18,20). The van der Waals surface area contributed by atoms with Gasteiger partial charge in [0.05, 0.1) is 22.2 Å². The molecule has 0 saturated carbocycles. The number of sulfonamides is 1. The summed E-state index contributed by atoms with van der Waals surface area (Å²) in [5.41, 5.74) is 0.447. The number of hydrogen-bond acceptors (Lipinski definition) is 3. The first-order valence-corrected chi connectivity index (χ1v) is 9.46. The second-order valence-corrected chi connectivity index (χ2v) is 8.44. The van der Waals surface area contributed by atoms with Crippen LogP contribution in [0.1, 0.15) is 0 Å². The molecule has 2 aromatic carbocycles. The van der Waals surface area contributed by atoms with Crippen LogP contribution < -0.4 is 5.32 Å². The van der Waals surface area contributed by atoms with E-state index in [9.17, 15) is 13.2 Å². The topological polar surface area (TPSA) is 66.5 Å². The van der Waals surface area contributed by atoms with E-state index < -0.39 is 15.9 Å². The fraction of sp³-hybridized carbons (Fsp3) is 0.133. The zero-order valence-electron chi connectivity index (χ0n) is 12.2. The van der Waals surface area contributed by atoms with Gasteiger partial charge < -0.3 is 5.32 Å². The van der Waals surface area contributed by atoms with Crippen molar-refractivity contribution in [2.75, 3.05) is 18.9 Å². The minimum Gasteiger partial charge on any atom is -0.324 e. The van der Waals surface area contributed by atoms with Gasteiger partial charge in [0.25, 0.3) is 0 Å². The molecule has 0 radical (unpaired) electrons. The van der Waals surface area contributed by atoms with Crippen LogP contribution >= 0.6 is 34.2 Å². The maximum atomic E-state index is 12.4. The number of hydrogen-bond donors (Lipinski definition) is 1. The molecule has 0 aliphatic heterocycles. The number of amides is 1. The van der Waals surface area contributed by atoms with E-state index in [-0.39, 0.29) is 11.4 Å². The van der Waals surface area contributed by atoms with Crippen molar-refractivity contribution in [2.24, 2.45) is 0 Å². The first kappa shape index (κ1) is 18.2. The van der Waals surface area contributed by atoms with E-state index in [0.717, 1.165) is 7.88 Å². The zero-order chi connectivity index (χ0) is 17.0. The monoisotopic (exact) mass is 464 g/mol. The molecule has 122 valence electrons. The normalized spacial score (nSPS) is 11.5. The second kappa shape index (κ2) is 7.61. The van der Waals surface area contributed by atoms with E-state index in [2.05, 4.69) is 27.9 Å². The highest BCUT2D eigenvalue weighted by molar-refractivity contribution is 14.1. The third-order valence-corrected chi connectivity index (χ3v) is 5.82. The Morgan fingerprint density at radius 3 is 2.48 bits per heavy atom. The third-order valence-electron chi connectivity index (χ3n) is 3.02. The average Bonchev–Trinajstić information content (AvgIpc) is 2.51. The Bertz CT molecular complexity index is 813. The van der Waals surface area contributed by atoms with Crippen LogP contribution in [0.4, 0.5) is 5.69 Å². The fourth-order valence-electron chi connectivity index (χ4n) is 1.84. The lowest BCUT2D eigenvalue weighted by molar-refractivity contribution is -0.116. The van der Waals surface area contributed by atoms with Gasteiger partial charge in [-0.2, -0.15) is 4.31 Å². The molecule has 0 saturated heterocycles. The molecule has 0 atom stereocenters. The van der Waals surface area contributed by atoms with Crippen LogP contribution in [0.3, 0.4) is 0 Å². The van der Waals surface area contributed by atoms with Gasteiger partial charge >= 0.3 is 0 Å². The van der Waals surface area contributed by atoms with Crippen molar-refractivity contribution in [2.45, 2.75) is 4.90 Å². The van der Waals surface area contributed by atoms with Crippen LogP contribution in [0.15, 0.2) is 53.4 Å². The van der Waals surface area contributed by atoms with E-state index >= 15 is 0 Å². The number of nitrogens with zero attached hydrogens (tertiary/aromatic N) is 1. The summed E-state index contributed by atoms with van der Waals surface area (Å²) in [6, 6.07) is 13.1. The molecule has 5 nitrogen and oxygen atoms in total. The lowest BCUT2D eigenvalue weighted by atomic mass is 10.3. The van der Waals surface area contributed by atoms with Gasteiger partial charge in [0.2, 0.25) is 15.9 Å². The molecule has 1 N–H and O–H groups in total. The van der Waals surface area contributed by atoms with Gasteiger partial charge in [0.15, 0.2) is 0 Å². The van der Waals surface area contributed by atoms with Crippen LogP contribution in [0, 0.1) is 3.57 Å². The Hall–Kier alpha value is -1.16. The van der Waals surface area contributed by atoms with E-state index in [1.54, 1.807) is 36.4 Å². The highest BCUT2D eigenvalue weighted by Gasteiger charge is 2.22. The summed E-state index contributed by atoms with van der Waals surface area (Å²) in [6.07, 6.45) is 0. The first-order valence-electron chi connectivity index (χ1n) is 6.57. The Morgan fingerprint density at radius 1 is 1.22 bits per heavy atom. The molecule has 8 heteroatoms. The van der Waals surface area contributed by atoms with E-state index in [1.165, 1.54) is 19.2 Å². The number of likely N-dealkylation sites (N-methyl/N-ethyl adjacent to an activating group) is 1. The fourth-order valence-corrected chi connectivity index (χ4v) is 3.89. The number of halogens is 2. The van der Waals surface area contributed by atoms with Gasteiger partial charge in [-0.15, -0.1) is 0 Å². The molecule has 23 heavy (non-hydrogen) atoms. The Kier molecular flexibility index (Phi) is 6.01. The predicted octanol–water partition coefficient (Wildman–Crippen LogP) is 3.20. The molecular weight excluding hydrogens is 451 g/mol. The molecule has 0 aliphatic carbocycles. The van der Waals surface area contributed by atoms with E-state index in [1.807, 2.05) is 0 Å². The molecule has 0 bridgehead atoms. The van der Waals surface area contributed by atoms with Crippen LogP contribution in [0.25, 0.3) is 0 Å². The number of carbonyl (C=O) groups is 1. The smallest absolute Gasteiger partial charge is 0.243 e. The molecule has 0 unspecified atom stereocenters. The molecule has 2 aromatic rings. The SMILES string of the molecule is CN(CC(=O)Nc1ccc(I)cc1Cl)S(=O)(=O)c1ccccc1. The van der Waals surface area contributed by atoms with Crippen LogP contribution in [-0.4, -0.2) is 32.2 Å². The molecule has 1 amide bonds. The number of rotatable bonds is 5. The first-order chi connectivity index (χ1) is 10.8. The summed E-state index contributed by atoms with van der Waals surface area (Å²) >= 11 is 8.15. The van der Waals surface area contributed by atoms with Gasteiger partial charge in [0, 0.05) is 10.6 Å². The summed E-state index contributed by atoms with van der Waals surface area (Å²) in [5.74, 6) is -0.463. The van der Waals surface area contributed by atoms with Crippen LogP contribution in [0.5, 0.6) is 0 Å². The van der Waals surface area contributed by atoms with Crippen LogP contribution in [-0.2, 0) is 14.8 Å². The molecule has 0 aromatic heterocycles. The van der Waals surface area contributed by atoms with E-state index in [4.69, 9.17) is 11.6 Å². The predicted molar refractivity (Wildman–Crippen MR) is 99.1 cm³/mol. The van der Waals surface area contributed by atoms with Gasteiger partial charge in [-0.25, -0.2) is 8.42 Å². The Balaban J connectivity index is 2.08. The summed E-state index contributed by atoms with van der Waals surface area (Å²) in [5, 5.41) is 3.01. The van der Waals surface area contributed by atoms with Crippen molar-refractivity contribution in [3.8, 4) is 0 Å². The van der Waals surface area contributed by atoms with Gasteiger partial charge in [-0.3, -0.25) is 4.79 Å². The Morgan fingerprint density at radius 2 is 1.87 bits per heavy atom. The van der Waals surface area contributed by atoms with Crippen molar-refractivity contribution >= 4 is 55.8 Å². The average molecular weight is 465 g/mol. The van der Waals surface area contributed by atoms with Crippen molar-refractivity contribution in [1.29, 1.82) is 0 Å². The number of carbonyl (C=O) groups excluding carboxylic acids is 1. The highest BCUT2D eigenvalue weighted by atomic mass is 127. The molecule has 2 rings (SSSR count). The summed E-state index contributed by atoms with van der Waals surface area (Å²) < 4.78 is 26.6. The number of benzene rings is 2. The van der Waals surface area contributed by atoms with Crippen molar-refractivity contribution < 1.29 is 13.2 Å². The van der Waals surface area contributed by atoms with Crippen molar-refractivity contribution in [1.82, 2.24) is 4.31 Å². The summed E-state index contributed by atoms with van der Waals surface area (Å²) in [4.78, 5) is 12.2. The molecule has 0 spiro atoms. The highest BCUT2D eigenvalue weighted by Crippen LogP contribution is 2.24. The van der Waals surface area contributed by atoms with E-state index in [0.29, 0.717) is 10.7 Å². The van der Waals surface area contributed by atoms with Gasteiger partial charge in [-0.05, 0) is 52.9 Å². The maximum absolute atomic E-state index is 12.4. The van der Waals surface area contributed by atoms with Crippen LogP contribution in [0.2, 0.25) is 5.02 Å². The Labute approximate surface area is 153 Å². The van der Waals surface area contributed by atoms with Crippen molar-refractivity contribution in [3.05, 3.63) is 57.1 Å². The molecule has 0 aliphatic rings. The quantitative estimate of drug-likeness (QED) is 0.691. The molecule has 0 heterocycles. The molecular formula is C15H14ClIN2O3S. The lowest BCUT2D eigenvalue weighted by Crippen LogP contribution is -2.35. The minimum atomic E-state index is -3.70. The largest absolute Gasteiger partial charge is 0.324 e.